The first-order chi connectivity index (χ1) is 11.8. The highest BCUT2D eigenvalue weighted by atomic mass is 32.1. The number of amides is 2. The molecule has 25 heavy (non-hydrogen) atoms. The molecule has 1 aromatic carbocycles. The molecule has 5 nitrogen and oxygen atoms in total. The van der Waals surface area contributed by atoms with E-state index in [1.165, 1.54) is 24.3 Å². The van der Waals surface area contributed by atoms with Crippen molar-refractivity contribution in [1.29, 1.82) is 0 Å². The second kappa shape index (κ2) is 8.65. The number of alkyl halides is 3. The molecule has 0 saturated heterocycles. The molecule has 0 unspecified atom stereocenters. The van der Waals surface area contributed by atoms with E-state index in [9.17, 15) is 22.4 Å². The van der Waals surface area contributed by atoms with Gasteiger partial charge >= 0.3 is 12.2 Å². The van der Waals surface area contributed by atoms with Crippen molar-refractivity contribution in [2.45, 2.75) is 19.0 Å². The third-order valence-electron chi connectivity index (χ3n) is 2.95. The van der Waals surface area contributed by atoms with Crippen LogP contribution in [0.3, 0.4) is 0 Å². The number of benzene rings is 1. The van der Waals surface area contributed by atoms with E-state index >= 15 is 0 Å². The summed E-state index contributed by atoms with van der Waals surface area (Å²) in [6.07, 6.45) is -3.27. The molecule has 2 rings (SSSR count). The standard InChI is InChI=1S/C15H15F4N3O2S/c16-10-3-5-11(6-4-10)24-8-2-1-7-20-13(23)22-14-21-12(9-25-14)15(17,18)19/h3-6,9H,1-2,7-8H2,(H2,20,21,22,23). The van der Waals surface area contributed by atoms with Crippen LogP contribution < -0.4 is 15.4 Å². The predicted octanol–water partition coefficient (Wildman–Crippen LogP) is 4.28. The lowest BCUT2D eigenvalue weighted by atomic mass is 10.3. The SMILES string of the molecule is O=C(NCCCCOc1ccc(F)cc1)Nc1nc(C(F)(F)F)cs1. The zero-order valence-corrected chi connectivity index (χ0v) is 13.7. The number of unbranched alkanes of at least 4 members (excludes halogenated alkanes) is 1. The smallest absolute Gasteiger partial charge is 0.434 e. The Morgan fingerprint density at radius 2 is 1.92 bits per heavy atom. The Labute approximate surface area is 145 Å². The average Bonchev–Trinajstić information content (AvgIpc) is 3.01. The van der Waals surface area contributed by atoms with E-state index in [0.29, 0.717) is 43.1 Å². The van der Waals surface area contributed by atoms with E-state index in [0.717, 1.165) is 5.38 Å². The number of hydrogen-bond acceptors (Lipinski definition) is 4. The van der Waals surface area contributed by atoms with Crippen LogP contribution in [0.1, 0.15) is 18.5 Å². The third kappa shape index (κ3) is 6.57. The predicted molar refractivity (Wildman–Crippen MR) is 85.3 cm³/mol. The Hall–Kier alpha value is -2.36. The van der Waals surface area contributed by atoms with Gasteiger partial charge < -0.3 is 10.1 Å². The van der Waals surface area contributed by atoms with Gasteiger partial charge in [0.25, 0.3) is 0 Å². The number of carbonyl (C=O) groups is 1. The summed E-state index contributed by atoms with van der Waals surface area (Å²) in [6, 6.07) is 5.00. The average molecular weight is 377 g/mol. The van der Waals surface area contributed by atoms with Crippen molar-refractivity contribution >= 4 is 22.5 Å². The van der Waals surface area contributed by atoms with Gasteiger partial charge in [0.1, 0.15) is 11.6 Å². The lowest BCUT2D eigenvalue weighted by Crippen LogP contribution is -2.29. The van der Waals surface area contributed by atoms with Crippen molar-refractivity contribution in [3.8, 4) is 5.75 Å². The highest BCUT2D eigenvalue weighted by molar-refractivity contribution is 7.13. The Morgan fingerprint density at radius 3 is 2.56 bits per heavy atom. The molecular formula is C15H15F4N3O2S. The van der Waals surface area contributed by atoms with E-state index in [1.54, 1.807) is 0 Å². The number of rotatable bonds is 7. The molecule has 136 valence electrons. The molecule has 0 spiro atoms. The van der Waals surface area contributed by atoms with E-state index in [4.69, 9.17) is 4.74 Å². The van der Waals surface area contributed by atoms with Crippen LogP contribution in [0.4, 0.5) is 27.5 Å². The van der Waals surface area contributed by atoms with Gasteiger partial charge in [-0.25, -0.2) is 14.2 Å². The molecule has 2 aromatic rings. The number of nitrogens with one attached hydrogen (secondary N) is 2. The first kappa shape index (κ1) is 19.0. The maximum atomic E-state index is 12.7. The van der Waals surface area contributed by atoms with Crippen molar-refractivity contribution in [3.63, 3.8) is 0 Å². The molecule has 0 atom stereocenters. The third-order valence-corrected chi connectivity index (χ3v) is 3.71. The first-order valence-electron chi connectivity index (χ1n) is 7.30. The summed E-state index contributed by atoms with van der Waals surface area (Å²) < 4.78 is 55.3. The normalized spacial score (nSPS) is 11.2. The van der Waals surface area contributed by atoms with Gasteiger partial charge in [0, 0.05) is 11.9 Å². The maximum absolute atomic E-state index is 12.7. The van der Waals surface area contributed by atoms with Crippen LogP contribution in [-0.2, 0) is 6.18 Å². The summed E-state index contributed by atoms with van der Waals surface area (Å²) in [4.78, 5) is 14.8. The van der Waals surface area contributed by atoms with Crippen LogP contribution in [-0.4, -0.2) is 24.2 Å². The second-order valence-corrected chi connectivity index (χ2v) is 5.78. The molecular weight excluding hydrogens is 362 g/mol. The van der Waals surface area contributed by atoms with Crippen LogP contribution in [0.2, 0.25) is 0 Å². The maximum Gasteiger partial charge on any atom is 0.434 e. The quantitative estimate of drug-likeness (QED) is 0.559. The number of carbonyl (C=O) groups excluding carboxylic acids is 1. The number of thiazole rings is 1. The first-order valence-corrected chi connectivity index (χ1v) is 8.18. The second-order valence-electron chi connectivity index (χ2n) is 4.93. The fourth-order valence-electron chi connectivity index (χ4n) is 1.75. The minimum atomic E-state index is -4.53. The summed E-state index contributed by atoms with van der Waals surface area (Å²) in [5.74, 6) is 0.210. The lowest BCUT2D eigenvalue weighted by molar-refractivity contribution is -0.140. The molecule has 0 fully saturated rings. The number of urea groups is 1. The van der Waals surface area contributed by atoms with E-state index < -0.39 is 17.9 Å². The molecule has 2 amide bonds. The van der Waals surface area contributed by atoms with Crippen molar-refractivity contribution < 1.29 is 27.1 Å². The van der Waals surface area contributed by atoms with E-state index in [2.05, 4.69) is 15.6 Å². The molecule has 0 aliphatic rings. The summed E-state index contributed by atoms with van der Waals surface area (Å²) in [6.45, 7) is 0.729. The zero-order valence-electron chi connectivity index (χ0n) is 12.9. The van der Waals surface area contributed by atoms with Gasteiger partial charge in [-0.05, 0) is 37.1 Å². The number of hydrogen-bond donors (Lipinski definition) is 2. The summed E-state index contributed by atoms with van der Waals surface area (Å²) in [7, 11) is 0. The number of halogens is 4. The molecule has 0 aliphatic heterocycles. The van der Waals surface area contributed by atoms with Crippen LogP contribution >= 0.6 is 11.3 Å². The van der Waals surface area contributed by atoms with Crippen LogP contribution in [0.25, 0.3) is 0 Å². The minimum Gasteiger partial charge on any atom is -0.494 e. The molecule has 0 bridgehead atoms. The monoisotopic (exact) mass is 377 g/mol. The Balaban J connectivity index is 1.59. The van der Waals surface area contributed by atoms with Gasteiger partial charge in [-0.3, -0.25) is 5.32 Å². The van der Waals surface area contributed by atoms with Crippen molar-refractivity contribution in [3.05, 3.63) is 41.2 Å². The number of anilines is 1. The van der Waals surface area contributed by atoms with Crippen LogP contribution in [0.5, 0.6) is 5.75 Å². The Morgan fingerprint density at radius 1 is 1.20 bits per heavy atom. The fourth-order valence-corrected chi connectivity index (χ4v) is 2.46. The Kier molecular flexibility index (Phi) is 6.57. The van der Waals surface area contributed by atoms with Gasteiger partial charge in [0.2, 0.25) is 0 Å². The van der Waals surface area contributed by atoms with Crippen LogP contribution in [0, 0.1) is 5.82 Å². The van der Waals surface area contributed by atoms with Crippen molar-refractivity contribution in [2.75, 3.05) is 18.5 Å². The number of nitrogens with zero attached hydrogens (tertiary/aromatic N) is 1. The van der Waals surface area contributed by atoms with Gasteiger partial charge in [-0.1, -0.05) is 0 Å². The Bertz CT molecular complexity index is 689. The molecule has 2 N–H and O–H groups in total. The molecule has 1 aromatic heterocycles. The van der Waals surface area contributed by atoms with Crippen molar-refractivity contribution in [1.82, 2.24) is 10.3 Å². The topological polar surface area (TPSA) is 63.2 Å². The molecule has 0 saturated carbocycles. The molecule has 1 heterocycles. The summed E-state index contributed by atoms with van der Waals surface area (Å²) in [5, 5.41) is 5.48. The summed E-state index contributed by atoms with van der Waals surface area (Å²) in [5.41, 5.74) is -1.04. The molecule has 10 heteroatoms. The van der Waals surface area contributed by atoms with Gasteiger partial charge in [-0.15, -0.1) is 11.3 Å². The lowest BCUT2D eigenvalue weighted by Gasteiger charge is -2.07. The van der Waals surface area contributed by atoms with Gasteiger partial charge in [-0.2, -0.15) is 13.2 Å². The summed E-state index contributed by atoms with van der Waals surface area (Å²) >= 11 is 0.701. The number of aromatic nitrogens is 1. The van der Waals surface area contributed by atoms with E-state index in [-0.39, 0.29) is 10.9 Å². The minimum absolute atomic E-state index is 0.121. The highest BCUT2D eigenvalue weighted by Gasteiger charge is 2.33. The van der Waals surface area contributed by atoms with Gasteiger partial charge in [0.05, 0.1) is 6.61 Å². The number of ether oxygens (including phenoxy) is 1. The molecule has 0 radical (unpaired) electrons. The van der Waals surface area contributed by atoms with Crippen molar-refractivity contribution in [2.24, 2.45) is 0 Å². The highest BCUT2D eigenvalue weighted by Crippen LogP contribution is 2.31. The van der Waals surface area contributed by atoms with E-state index in [1.807, 2.05) is 0 Å². The molecule has 0 aliphatic carbocycles. The van der Waals surface area contributed by atoms with Crippen LogP contribution in [0.15, 0.2) is 29.6 Å². The fraction of sp³-hybridized carbons (Fsp3) is 0.333. The van der Waals surface area contributed by atoms with Gasteiger partial charge in [0.15, 0.2) is 10.8 Å². The zero-order chi connectivity index (χ0) is 18.3. The largest absolute Gasteiger partial charge is 0.494 e.